The molecule has 0 spiro atoms. The molecule has 0 aliphatic carbocycles. The van der Waals surface area contributed by atoms with Crippen LogP contribution in [-0.2, 0) is 19.0 Å². The number of aliphatic hydroxyl groups is 17. The zero-order valence-corrected chi connectivity index (χ0v) is 23.4. The quantitative estimate of drug-likeness (QED) is 0.0972. The second-order valence-corrected chi connectivity index (χ2v) is 11.4. The van der Waals surface area contributed by atoms with E-state index in [2.05, 4.69) is 0 Å². The minimum Gasteiger partial charge on any atom is -0.394 e. The van der Waals surface area contributed by atoms with Crippen molar-refractivity contribution in [1.82, 2.24) is 0 Å². The normalized spacial score (nSPS) is 46.9. The van der Waals surface area contributed by atoms with Gasteiger partial charge in [-0.25, -0.2) is 0 Å². The topological polar surface area (TPSA) is 389 Å². The Hall–Kier alpha value is -1.13. The SMILES string of the molecule is O=C(C1O[C@H](CO)[C@@H](O)[C@H](O)[C@H]1O)[C@@](O)(C1O[C@H](CO)[C@@H](O)[C@H](O)[C@H]1O)[C@](O)(C1O[C@H](CO)[C@@H](O)[C@H](O)[C@@H]1O)[C@H](O)[C@H](O)CO. The third-order valence-electron chi connectivity index (χ3n) is 8.77. The third-order valence-corrected chi connectivity index (χ3v) is 8.77. The number of hydrogen-bond acceptors (Lipinski definition) is 21. The summed E-state index contributed by atoms with van der Waals surface area (Å²) in [4.78, 5) is 14.4. The summed E-state index contributed by atoms with van der Waals surface area (Å²) in [6, 6.07) is 0. The number of ether oxygens (including phenoxy) is 3. The first-order chi connectivity index (χ1) is 20.9. The predicted octanol–water partition coefficient (Wildman–Crippen LogP) is -11.7. The zero-order valence-electron chi connectivity index (χ0n) is 23.4. The number of hydrogen-bond donors (Lipinski definition) is 17. The van der Waals surface area contributed by atoms with Crippen LogP contribution in [0.15, 0.2) is 0 Å². The Kier molecular flexibility index (Phi) is 12.4. The second kappa shape index (κ2) is 14.6. The van der Waals surface area contributed by atoms with Gasteiger partial charge in [-0.1, -0.05) is 0 Å². The maximum Gasteiger partial charge on any atom is 0.201 e. The van der Waals surface area contributed by atoms with E-state index in [9.17, 15) is 91.6 Å². The summed E-state index contributed by atoms with van der Waals surface area (Å²) in [6.07, 6.45) is -41.7. The Bertz CT molecular complexity index is 985. The number of carbonyl (C=O) groups excluding carboxylic acids is 1. The summed E-state index contributed by atoms with van der Waals surface area (Å²) in [5.41, 5.74) is -8.44. The number of carbonyl (C=O) groups is 1. The van der Waals surface area contributed by atoms with Crippen LogP contribution >= 0.6 is 0 Å². The van der Waals surface area contributed by atoms with Crippen LogP contribution < -0.4 is 0 Å². The smallest absolute Gasteiger partial charge is 0.201 e. The van der Waals surface area contributed by atoms with Crippen molar-refractivity contribution >= 4 is 5.78 Å². The monoisotopic (exact) mass is 666 g/mol. The highest BCUT2D eigenvalue weighted by Crippen LogP contribution is 2.46. The molecule has 0 radical (unpaired) electrons. The van der Waals surface area contributed by atoms with E-state index in [4.69, 9.17) is 14.2 Å². The molecule has 3 aliphatic heterocycles. The van der Waals surface area contributed by atoms with Crippen LogP contribution in [0.25, 0.3) is 0 Å². The minimum atomic E-state index is -4.28. The van der Waals surface area contributed by atoms with E-state index < -0.39 is 147 Å². The molecule has 17 N–H and O–H groups in total. The van der Waals surface area contributed by atoms with Crippen LogP contribution in [0.2, 0.25) is 0 Å². The number of rotatable bonds is 11. The summed E-state index contributed by atoms with van der Waals surface area (Å²) in [5.74, 6) is -2.16. The van der Waals surface area contributed by atoms with E-state index in [0.29, 0.717) is 0 Å². The molecule has 21 heteroatoms. The van der Waals surface area contributed by atoms with Gasteiger partial charge in [-0.3, -0.25) is 4.79 Å². The fourth-order valence-electron chi connectivity index (χ4n) is 6.02. The van der Waals surface area contributed by atoms with E-state index in [-0.39, 0.29) is 0 Å². The molecule has 3 fully saturated rings. The molecular formula is C24H42O21. The highest BCUT2D eigenvalue weighted by atomic mass is 16.6. The Morgan fingerprint density at radius 2 is 0.933 bits per heavy atom. The van der Waals surface area contributed by atoms with Crippen molar-refractivity contribution in [1.29, 1.82) is 0 Å². The molecule has 0 saturated carbocycles. The fraction of sp³-hybridized carbons (Fsp3) is 0.958. The van der Waals surface area contributed by atoms with Gasteiger partial charge in [0.1, 0.15) is 104 Å². The van der Waals surface area contributed by atoms with Crippen molar-refractivity contribution in [3.8, 4) is 0 Å². The van der Waals surface area contributed by atoms with Gasteiger partial charge in [0.2, 0.25) is 5.78 Å². The number of aliphatic hydroxyl groups excluding tert-OH is 15. The first-order valence-electron chi connectivity index (χ1n) is 13.8. The van der Waals surface area contributed by atoms with Crippen LogP contribution in [0, 0.1) is 0 Å². The standard InChI is InChI=1S/C24H42O21/c25-1-5(29)19(39)23(41,21-16(37)13(34)10(31)7(3-27)44-21)24(42,22-17(38)14(35)11(32)8(4-28)45-22)20(40)18-15(36)12(33)9(30)6(2-26)43-18/h5-19,21-22,25-39,41-42H,1-4H2/t5-,6-,7-,8-,9-,10-,11-,12+,13+,14+,15-,16+,17-,18?,19-,21?,22?,23-,24-/m1/s1. The first-order valence-corrected chi connectivity index (χ1v) is 13.8. The van der Waals surface area contributed by atoms with Gasteiger partial charge < -0.3 is 101 Å². The van der Waals surface area contributed by atoms with Gasteiger partial charge in [0.15, 0.2) is 11.2 Å². The molecule has 3 saturated heterocycles. The number of ketones is 1. The molecule has 0 aromatic heterocycles. The van der Waals surface area contributed by atoms with Gasteiger partial charge in [-0.15, -0.1) is 0 Å². The molecule has 0 amide bonds. The van der Waals surface area contributed by atoms with Crippen LogP contribution in [0.3, 0.4) is 0 Å². The lowest BCUT2D eigenvalue weighted by Gasteiger charge is -2.58. The van der Waals surface area contributed by atoms with Gasteiger partial charge in [-0.2, -0.15) is 0 Å². The summed E-state index contributed by atoms with van der Waals surface area (Å²) >= 11 is 0. The van der Waals surface area contributed by atoms with Crippen molar-refractivity contribution in [2.24, 2.45) is 0 Å². The van der Waals surface area contributed by atoms with Gasteiger partial charge >= 0.3 is 0 Å². The van der Waals surface area contributed by atoms with E-state index in [1.54, 1.807) is 0 Å². The van der Waals surface area contributed by atoms with Crippen LogP contribution in [0.5, 0.6) is 0 Å². The molecule has 19 atom stereocenters. The lowest BCUT2D eigenvalue weighted by Crippen LogP contribution is -2.85. The largest absolute Gasteiger partial charge is 0.394 e. The van der Waals surface area contributed by atoms with Gasteiger partial charge in [0, 0.05) is 0 Å². The van der Waals surface area contributed by atoms with Gasteiger partial charge in [0.25, 0.3) is 0 Å². The lowest BCUT2D eigenvalue weighted by molar-refractivity contribution is -0.356. The van der Waals surface area contributed by atoms with E-state index in [1.165, 1.54) is 0 Å². The highest BCUT2D eigenvalue weighted by Gasteiger charge is 2.75. The molecule has 3 rings (SSSR count). The lowest BCUT2D eigenvalue weighted by atomic mass is 9.62. The molecular weight excluding hydrogens is 624 g/mol. The molecule has 3 heterocycles. The molecule has 0 aromatic carbocycles. The van der Waals surface area contributed by atoms with Crippen molar-refractivity contribution < 1.29 is 106 Å². The maximum absolute atomic E-state index is 14.4. The summed E-state index contributed by atoms with van der Waals surface area (Å²) < 4.78 is 15.7. The molecule has 0 bridgehead atoms. The summed E-state index contributed by atoms with van der Waals surface area (Å²) in [7, 11) is 0. The Morgan fingerprint density at radius 3 is 1.36 bits per heavy atom. The van der Waals surface area contributed by atoms with Gasteiger partial charge in [-0.05, 0) is 0 Å². The Balaban J connectivity index is 2.38. The fourth-order valence-corrected chi connectivity index (χ4v) is 6.02. The number of Topliss-reactive ketones (excluding diaryl/α,β-unsaturated/α-hetero) is 1. The van der Waals surface area contributed by atoms with E-state index in [0.717, 1.165) is 0 Å². The van der Waals surface area contributed by atoms with Crippen LogP contribution in [0.1, 0.15) is 0 Å². The minimum absolute atomic E-state index is 1.14. The van der Waals surface area contributed by atoms with Crippen molar-refractivity contribution in [2.75, 3.05) is 26.4 Å². The Morgan fingerprint density at radius 1 is 0.556 bits per heavy atom. The van der Waals surface area contributed by atoms with Gasteiger partial charge in [0.05, 0.1) is 26.4 Å². The second-order valence-electron chi connectivity index (χ2n) is 11.4. The van der Waals surface area contributed by atoms with Crippen LogP contribution in [-0.4, -0.2) is 234 Å². The predicted molar refractivity (Wildman–Crippen MR) is 135 cm³/mol. The zero-order chi connectivity index (χ0) is 34.3. The molecule has 21 nitrogen and oxygen atoms in total. The summed E-state index contributed by atoms with van der Waals surface area (Å²) in [6.45, 7) is -5.04. The molecule has 264 valence electrons. The molecule has 3 aliphatic rings. The first kappa shape index (κ1) is 38.3. The third kappa shape index (κ3) is 6.15. The van der Waals surface area contributed by atoms with Crippen LogP contribution in [0.4, 0.5) is 0 Å². The van der Waals surface area contributed by atoms with Crippen molar-refractivity contribution in [2.45, 2.75) is 115 Å². The highest BCUT2D eigenvalue weighted by molar-refractivity contribution is 5.94. The van der Waals surface area contributed by atoms with Crippen molar-refractivity contribution in [3.63, 3.8) is 0 Å². The average Bonchev–Trinajstić information content (AvgIpc) is 3.03. The summed E-state index contributed by atoms with van der Waals surface area (Å²) in [5, 5.41) is 180. The van der Waals surface area contributed by atoms with Crippen molar-refractivity contribution in [3.05, 3.63) is 0 Å². The Labute approximate surface area is 253 Å². The van der Waals surface area contributed by atoms with E-state index in [1.807, 2.05) is 0 Å². The molecule has 0 aromatic rings. The van der Waals surface area contributed by atoms with E-state index >= 15 is 0 Å². The average molecular weight is 667 g/mol. The maximum atomic E-state index is 14.4. The molecule has 45 heavy (non-hydrogen) atoms. The molecule has 3 unspecified atom stereocenters.